The van der Waals surface area contributed by atoms with Crippen molar-refractivity contribution in [1.29, 1.82) is 0 Å². The first-order chi connectivity index (χ1) is 7.94. The first kappa shape index (κ1) is 15.2. The van der Waals surface area contributed by atoms with Crippen LogP contribution in [0, 0.1) is 0 Å². The number of hydrogen-bond donors (Lipinski definition) is 2. The van der Waals surface area contributed by atoms with Gasteiger partial charge in [0, 0.05) is 11.5 Å². The lowest BCUT2D eigenvalue weighted by Gasteiger charge is -2.20. The Labute approximate surface area is 124 Å². The highest BCUT2D eigenvalue weighted by Gasteiger charge is 2.29. The van der Waals surface area contributed by atoms with E-state index in [2.05, 4.69) is 20.4 Å². The van der Waals surface area contributed by atoms with Crippen molar-refractivity contribution in [3.05, 3.63) is 11.7 Å². The zero-order chi connectivity index (χ0) is 12.5. The smallest absolute Gasteiger partial charge is 0.229 e. The van der Waals surface area contributed by atoms with Gasteiger partial charge in [-0.3, -0.25) is 0 Å². The van der Waals surface area contributed by atoms with Gasteiger partial charge in [0.25, 0.3) is 0 Å². The molecule has 7 heteroatoms. The van der Waals surface area contributed by atoms with Crippen molar-refractivity contribution < 1.29 is 4.52 Å². The monoisotopic (exact) mass is 365 g/mol. The average molecular weight is 365 g/mol. The van der Waals surface area contributed by atoms with Crippen LogP contribution in [0.15, 0.2) is 9.52 Å². The Bertz CT molecular complexity index is 419. The first-order valence-corrected chi connectivity index (χ1v) is 5.84. The highest BCUT2D eigenvalue weighted by Crippen LogP contribution is 2.38. The number of aromatic nitrogens is 2. The standard InChI is InChI=1S/C11H19N5O.HI/c1-11(2,3)15-10(12)13-6-8-14-9(17-16-8)7-4-5-7;/h7H,4-6H2,1-3H3,(H3,12,13,15);1H. The summed E-state index contributed by atoms with van der Waals surface area (Å²) < 4.78 is 5.13. The summed E-state index contributed by atoms with van der Waals surface area (Å²) in [6, 6.07) is 0. The molecule has 0 saturated heterocycles. The number of nitrogens with one attached hydrogen (secondary N) is 1. The molecule has 102 valence electrons. The highest BCUT2D eigenvalue weighted by molar-refractivity contribution is 14.0. The Morgan fingerprint density at radius 2 is 2.17 bits per heavy atom. The molecule has 1 aliphatic carbocycles. The van der Waals surface area contributed by atoms with Crippen LogP contribution in [0.5, 0.6) is 0 Å². The maximum atomic E-state index is 5.74. The summed E-state index contributed by atoms with van der Waals surface area (Å²) in [5.41, 5.74) is 5.65. The van der Waals surface area contributed by atoms with E-state index in [0.29, 0.717) is 24.2 Å². The zero-order valence-corrected chi connectivity index (χ0v) is 13.3. The SMILES string of the molecule is CC(C)(C)NC(N)=NCc1noc(C2CC2)n1.I. The second-order valence-electron chi connectivity index (χ2n) is 5.40. The predicted molar refractivity (Wildman–Crippen MR) is 79.9 cm³/mol. The molecule has 0 aliphatic heterocycles. The van der Waals surface area contributed by atoms with E-state index in [1.165, 1.54) is 0 Å². The number of aliphatic imine (C=N–C) groups is 1. The molecule has 2 rings (SSSR count). The number of nitrogens with two attached hydrogens (primary N) is 1. The van der Waals surface area contributed by atoms with Crippen molar-refractivity contribution in [2.75, 3.05) is 0 Å². The van der Waals surface area contributed by atoms with Gasteiger partial charge in [0.2, 0.25) is 5.89 Å². The number of halogens is 1. The minimum absolute atomic E-state index is 0. The topological polar surface area (TPSA) is 89.3 Å². The van der Waals surface area contributed by atoms with Gasteiger partial charge in [-0.2, -0.15) is 4.98 Å². The molecule has 18 heavy (non-hydrogen) atoms. The molecule has 0 bridgehead atoms. The molecule has 1 heterocycles. The molecule has 1 aromatic rings. The third kappa shape index (κ3) is 4.79. The van der Waals surface area contributed by atoms with Gasteiger partial charge in [-0.1, -0.05) is 5.16 Å². The van der Waals surface area contributed by atoms with Crippen molar-refractivity contribution in [2.45, 2.75) is 51.6 Å². The van der Waals surface area contributed by atoms with Gasteiger partial charge in [0.15, 0.2) is 11.8 Å². The van der Waals surface area contributed by atoms with Crippen LogP contribution in [0.4, 0.5) is 0 Å². The number of nitrogens with zero attached hydrogens (tertiary/aromatic N) is 3. The number of rotatable bonds is 3. The predicted octanol–water partition coefficient (Wildman–Crippen LogP) is 1.77. The summed E-state index contributed by atoms with van der Waals surface area (Å²) in [6.07, 6.45) is 2.30. The minimum Gasteiger partial charge on any atom is -0.370 e. The molecule has 0 unspecified atom stereocenters. The van der Waals surface area contributed by atoms with Gasteiger partial charge in [0.1, 0.15) is 6.54 Å². The molecular weight excluding hydrogens is 345 g/mol. The number of hydrogen-bond acceptors (Lipinski definition) is 4. The van der Waals surface area contributed by atoms with Crippen LogP contribution in [-0.4, -0.2) is 21.6 Å². The van der Waals surface area contributed by atoms with Gasteiger partial charge >= 0.3 is 0 Å². The van der Waals surface area contributed by atoms with Gasteiger partial charge in [-0.25, -0.2) is 4.99 Å². The summed E-state index contributed by atoms with van der Waals surface area (Å²) in [7, 11) is 0. The molecule has 1 aromatic heterocycles. The van der Waals surface area contributed by atoms with Crippen LogP contribution in [0.25, 0.3) is 0 Å². The molecule has 3 N–H and O–H groups in total. The van der Waals surface area contributed by atoms with Crippen molar-refractivity contribution in [3.63, 3.8) is 0 Å². The fourth-order valence-electron chi connectivity index (χ4n) is 1.41. The summed E-state index contributed by atoms with van der Waals surface area (Å²) in [5, 5.41) is 6.94. The first-order valence-electron chi connectivity index (χ1n) is 5.84. The fraction of sp³-hybridized carbons (Fsp3) is 0.727. The molecule has 1 aliphatic rings. The highest BCUT2D eigenvalue weighted by atomic mass is 127. The lowest BCUT2D eigenvalue weighted by Crippen LogP contribution is -2.45. The van der Waals surface area contributed by atoms with Crippen LogP contribution < -0.4 is 11.1 Å². The third-order valence-corrected chi connectivity index (χ3v) is 2.30. The molecule has 0 atom stereocenters. The quantitative estimate of drug-likeness (QED) is 0.484. The molecule has 0 amide bonds. The zero-order valence-electron chi connectivity index (χ0n) is 10.9. The average Bonchev–Trinajstić information content (AvgIpc) is 2.93. The van der Waals surface area contributed by atoms with E-state index in [0.717, 1.165) is 18.7 Å². The lowest BCUT2D eigenvalue weighted by molar-refractivity contribution is 0.374. The van der Waals surface area contributed by atoms with Crippen LogP contribution in [0.3, 0.4) is 0 Å². The largest absolute Gasteiger partial charge is 0.370 e. The summed E-state index contributed by atoms with van der Waals surface area (Å²) in [6.45, 7) is 6.42. The Balaban J connectivity index is 0.00000162. The van der Waals surface area contributed by atoms with Crippen LogP contribution in [0.2, 0.25) is 0 Å². The molecule has 0 spiro atoms. The Morgan fingerprint density at radius 3 is 2.72 bits per heavy atom. The van der Waals surface area contributed by atoms with Crippen molar-refractivity contribution >= 4 is 29.9 Å². The van der Waals surface area contributed by atoms with E-state index >= 15 is 0 Å². The minimum atomic E-state index is -0.0932. The Morgan fingerprint density at radius 1 is 1.50 bits per heavy atom. The van der Waals surface area contributed by atoms with Crippen LogP contribution in [0.1, 0.15) is 51.2 Å². The number of guanidine groups is 1. The van der Waals surface area contributed by atoms with E-state index in [4.69, 9.17) is 10.3 Å². The van der Waals surface area contributed by atoms with Gasteiger partial charge in [0.05, 0.1) is 0 Å². The van der Waals surface area contributed by atoms with Crippen LogP contribution >= 0.6 is 24.0 Å². The molecule has 1 saturated carbocycles. The fourth-order valence-corrected chi connectivity index (χ4v) is 1.41. The van der Waals surface area contributed by atoms with Crippen molar-refractivity contribution in [2.24, 2.45) is 10.7 Å². The second-order valence-corrected chi connectivity index (χ2v) is 5.40. The third-order valence-electron chi connectivity index (χ3n) is 2.30. The molecule has 6 nitrogen and oxygen atoms in total. The Kier molecular flexibility index (Phi) is 4.94. The van der Waals surface area contributed by atoms with E-state index < -0.39 is 0 Å². The molecule has 0 aromatic carbocycles. The van der Waals surface area contributed by atoms with Crippen molar-refractivity contribution in [1.82, 2.24) is 15.5 Å². The maximum Gasteiger partial charge on any atom is 0.229 e. The van der Waals surface area contributed by atoms with E-state index in [9.17, 15) is 0 Å². The lowest BCUT2D eigenvalue weighted by atomic mass is 10.1. The van der Waals surface area contributed by atoms with Crippen molar-refractivity contribution in [3.8, 4) is 0 Å². The van der Waals surface area contributed by atoms with E-state index in [1.807, 2.05) is 20.8 Å². The Hall–Kier alpha value is -0.860. The van der Waals surface area contributed by atoms with Gasteiger partial charge < -0.3 is 15.6 Å². The van der Waals surface area contributed by atoms with Crippen LogP contribution in [-0.2, 0) is 6.54 Å². The summed E-state index contributed by atoms with van der Waals surface area (Å²) >= 11 is 0. The maximum absolute atomic E-state index is 5.74. The summed E-state index contributed by atoms with van der Waals surface area (Å²) in [5.74, 6) is 2.20. The summed E-state index contributed by atoms with van der Waals surface area (Å²) in [4.78, 5) is 8.44. The molecule has 1 fully saturated rings. The van der Waals surface area contributed by atoms with E-state index in [-0.39, 0.29) is 29.5 Å². The molecular formula is C11H20IN5O. The van der Waals surface area contributed by atoms with Gasteiger partial charge in [-0.15, -0.1) is 24.0 Å². The van der Waals surface area contributed by atoms with E-state index in [1.54, 1.807) is 0 Å². The van der Waals surface area contributed by atoms with Gasteiger partial charge in [-0.05, 0) is 33.6 Å². The normalized spacial score (nSPS) is 16.3. The second kappa shape index (κ2) is 5.85. The molecule has 0 radical (unpaired) electrons.